The normalized spacial score (nSPS) is 17.5. The summed E-state index contributed by atoms with van der Waals surface area (Å²) in [6.07, 6.45) is 1.92. The maximum absolute atomic E-state index is 13.7. The number of amides is 2. The van der Waals surface area contributed by atoms with Crippen molar-refractivity contribution >= 4 is 17.5 Å². The van der Waals surface area contributed by atoms with Gasteiger partial charge in [0.2, 0.25) is 0 Å². The molecule has 1 aliphatic rings. The van der Waals surface area contributed by atoms with Gasteiger partial charge >= 0.3 is 0 Å². The predicted molar refractivity (Wildman–Crippen MR) is 109 cm³/mol. The van der Waals surface area contributed by atoms with Crippen LogP contribution < -0.4 is 15.8 Å². The second-order valence-electron chi connectivity index (χ2n) is 7.33. The number of carbonyl (C=O) groups excluding carboxylic acids is 2. The third-order valence-corrected chi connectivity index (χ3v) is 5.11. The number of hydrogen-bond acceptors (Lipinski definition) is 4. The molecule has 3 rings (SSSR count). The number of anilines is 1. The first-order chi connectivity index (χ1) is 14.0. The van der Waals surface area contributed by atoms with Crippen molar-refractivity contribution in [2.75, 3.05) is 25.0 Å². The van der Waals surface area contributed by atoms with E-state index in [1.165, 1.54) is 12.1 Å². The molecule has 7 heteroatoms. The molecule has 2 atom stereocenters. The van der Waals surface area contributed by atoms with Crippen LogP contribution in [0, 0.1) is 11.7 Å². The summed E-state index contributed by atoms with van der Waals surface area (Å²) in [6.45, 7) is 2.91. The van der Waals surface area contributed by atoms with Gasteiger partial charge in [0.05, 0.1) is 11.3 Å². The fourth-order valence-corrected chi connectivity index (χ4v) is 3.46. The highest BCUT2D eigenvalue weighted by molar-refractivity contribution is 5.97. The van der Waals surface area contributed by atoms with Crippen LogP contribution in [0.4, 0.5) is 10.1 Å². The number of ether oxygens (including phenoxy) is 1. The summed E-state index contributed by atoms with van der Waals surface area (Å²) < 4.78 is 19.3. The summed E-state index contributed by atoms with van der Waals surface area (Å²) in [6, 6.07) is 12.8. The maximum atomic E-state index is 13.7. The topological polar surface area (TPSA) is 84.7 Å². The second-order valence-corrected chi connectivity index (χ2v) is 7.33. The van der Waals surface area contributed by atoms with Gasteiger partial charge in [-0.15, -0.1) is 0 Å². The maximum Gasteiger partial charge on any atom is 0.262 e. The lowest BCUT2D eigenvalue weighted by molar-refractivity contribution is -0.118. The lowest BCUT2D eigenvalue weighted by Gasteiger charge is -2.34. The quantitative estimate of drug-likeness (QED) is 0.782. The molecule has 1 fully saturated rings. The Bertz CT molecular complexity index is 872. The Morgan fingerprint density at radius 2 is 1.97 bits per heavy atom. The SMILES string of the molecule is CC(N)C1CCCN(C(=O)c2ccccc2OCC(=O)Nc2ccccc2F)C1. The van der Waals surface area contributed by atoms with Crippen molar-refractivity contribution in [1.29, 1.82) is 0 Å². The molecule has 2 unspecified atom stereocenters. The van der Waals surface area contributed by atoms with Gasteiger partial charge in [-0.25, -0.2) is 4.39 Å². The van der Waals surface area contributed by atoms with E-state index >= 15 is 0 Å². The van der Waals surface area contributed by atoms with Gasteiger partial charge in [0.15, 0.2) is 6.61 Å². The van der Waals surface area contributed by atoms with Crippen molar-refractivity contribution in [2.45, 2.75) is 25.8 Å². The lowest BCUT2D eigenvalue weighted by atomic mass is 9.92. The fourth-order valence-electron chi connectivity index (χ4n) is 3.46. The molecule has 0 radical (unpaired) electrons. The van der Waals surface area contributed by atoms with Crippen molar-refractivity contribution in [3.05, 3.63) is 59.9 Å². The molecule has 29 heavy (non-hydrogen) atoms. The third kappa shape index (κ3) is 5.32. The zero-order valence-corrected chi connectivity index (χ0v) is 16.4. The minimum absolute atomic E-state index is 0.0270. The number of halogens is 1. The van der Waals surface area contributed by atoms with Gasteiger partial charge in [-0.05, 0) is 49.9 Å². The standard InChI is InChI=1S/C22H26FN3O3/c1-15(24)16-7-6-12-26(13-16)22(28)17-8-2-5-11-20(17)29-14-21(27)25-19-10-4-3-9-18(19)23/h2-5,8-11,15-16H,6-7,12-14,24H2,1H3,(H,25,27). The molecule has 6 nitrogen and oxygen atoms in total. The first-order valence-electron chi connectivity index (χ1n) is 9.76. The van der Waals surface area contributed by atoms with Crippen LogP contribution in [0.1, 0.15) is 30.1 Å². The molecule has 0 saturated carbocycles. The Balaban J connectivity index is 1.65. The largest absolute Gasteiger partial charge is 0.483 e. The summed E-state index contributed by atoms with van der Waals surface area (Å²) >= 11 is 0. The van der Waals surface area contributed by atoms with E-state index < -0.39 is 11.7 Å². The van der Waals surface area contributed by atoms with E-state index in [1.54, 1.807) is 41.3 Å². The second kappa shape index (κ2) is 9.52. The van der Waals surface area contributed by atoms with Gasteiger partial charge < -0.3 is 20.7 Å². The number of nitrogens with two attached hydrogens (primary N) is 1. The van der Waals surface area contributed by atoms with Crippen LogP contribution in [0.3, 0.4) is 0 Å². The molecule has 1 heterocycles. The molecule has 2 aromatic carbocycles. The summed E-state index contributed by atoms with van der Waals surface area (Å²) in [5.41, 5.74) is 6.50. The number of nitrogens with zero attached hydrogens (tertiary/aromatic N) is 1. The third-order valence-electron chi connectivity index (χ3n) is 5.11. The Hall–Kier alpha value is -2.93. The van der Waals surface area contributed by atoms with Crippen LogP contribution in [0.5, 0.6) is 5.75 Å². The summed E-state index contributed by atoms with van der Waals surface area (Å²) in [5, 5.41) is 2.46. The van der Waals surface area contributed by atoms with Gasteiger partial charge in [-0.1, -0.05) is 24.3 Å². The monoisotopic (exact) mass is 399 g/mol. The van der Waals surface area contributed by atoms with Crippen LogP contribution >= 0.6 is 0 Å². The van der Waals surface area contributed by atoms with E-state index in [9.17, 15) is 14.0 Å². The minimum atomic E-state index is -0.523. The van der Waals surface area contributed by atoms with E-state index in [4.69, 9.17) is 10.5 Å². The fraction of sp³-hybridized carbons (Fsp3) is 0.364. The lowest BCUT2D eigenvalue weighted by Crippen LogP contribution is -2.45. The molecule has 2 aromatic rings. The minimum Gasteiger partial charge on any atom is -0.483 e. The van der Waals surface area contributed by atoms with Gasteiger partial charge in [0.25, 0.3) is 11.8 Å². The summed E-state index contributed by atoms with van der Waals surface area (Å²) in [7, 11) is 0. The van der Waals surface area contributed by atoms with E-state index in [-0.39, 0.29) is 30.2 Å². The highest BCUT2D eigenvalue weighted by atomic mass is 19.1. The number of hydrogen-bond donors (Lipinski definition) is 2. The van der Waals surface area contributed by atoms with E-state index in [2.05, 4.69) is 5.32 Å². The van der Waals surface area contributed by atoms with Crippen molar-refractivity contribution in [2.24, 2.45) is 11.7 Å². The molecule has 1 saturated heterocycles. The number of likely N-dealkylation sites (tertiary alicyclic amines) is 1. The molecule has 3 N–H and O–H groups in total. The van der Waals surface area contributed by atoms with Gasteiger partial charge in [0, 0.05) is 19.1 Å². The summed E-state index contributed by atoms with van der Waals surface area (Å²) in [5.74, 6) is -0.575. The molecule has 0 spiro atoms. The Morgan fingerprint density at radius 3 is 2.72 bits per heavy atom. The average molecular weight is 399 g/mol. The molecule has 0 bridgehead atoms. The van der Waals surface area contributed by atoms with Crippen molar-refractivity contribution in [3.8, 4) is 5.75 Å². The van der Waals surface area contributed by atoms with E-state index in [1.807, 2.05) is 6.92 Å². The van der Waals surface area contributed by atoms with E-state index in [0.717, 1.165) is 12.8 Å². The van der Waals surface area contributed by atoms with Gasteiger partial charge in [-0.2, -0.15) is 0 Å². The Labute approximate surface area is 169 Å². The van der Waals surface area contributed by atoms with Crippen molar-refractivity contribution in [1.82, 2.24) is 4.90 Å². The van der Waals surface area contributed by atoms with Crippen LogP contribution in [-0.2, 0) is 4.79 Å². The number of rotatable bonds is 6. The molecular weight excluding hydrogens is 373 g/mol. The first-order valence-corrected chi connectivity index (χ1v) is 9.76. The molecule has 0 aliphatic carbocycles. The number of benzene rings is 2. The molecule has 2 amide bonds. The number of piperidine rings is 1. The Kier molecular flexibility index (Phi) is 6.82. The van der Waals surface area contributed by atoms with Crippen LogP contribution in [0.15, 0.2) is 48.5 Å². The molecule has 1 aliphatic heterocycles. The number of para-hydroxylation sites is 2. The molecular formula is C22H26FN3O3. The molecule has 0 aromatic heterocycles. The van der Waals surface area contributed by atoms with Crippen molar-refractivity contribution < 1.29 is 18.7 Å². The Morgan fingerprint density at radius 1 is 1.24 bits per heavy atom. The van der Waals surface area contributed by atoms with Gasteiger partial charge in [-0.3, -0.25) is 9.59 Å². The van der Waals surface area contributed by atoms with Crippen molar-refractivity contribution in [3.63, 3.8) is 0 Å². The number of nitrogens with one attached hydrogen (secondary N) is 1. The number of carbonyl (C=O) groups is 2. The highest BCUT2D eigenvalue weighted by Crippen LogP contribution is 2.25. The zero-order chi connectivity index (χ0) is 20.8. The van der Waals surface area contributed by atoms with E-state index in [0.29, 0.717) is 24.4 Å². The molecule has 154 valence electrons. The smallest absolute Gasteiger partial charge is 0.262 e. The predicted octanol–water partition coefficient (Wildman–Crippen LogP) is 3.04. The average Bonchev–Trinajstić information content (AvgIpc) is 2.73. The van der Waals surface area contributed by atoms with Crippen LogP contribution in [0.2, 0.25) is 0 Å². The highest BCUT2D eigenvalue weighted by Gasteiger charge is 2.28. The summed E-state index contributed by atoms with van der Waals surface area (Å²) in [4.78, 5) is 26.9. The van der Waals surface area contributed by atoms with Crippen LogP contribution in [-0.4, -0.2) is 42.5 Å². The zero-order valence-electron chi connectivity index (χ0n) is 16.4. The van der Waals surface area contributed by atoms with Gasteiger partial charge in [0.1, 0.15) is 11.6 Å². The first kappa shape index (κ1) is 20.8. The van der Waals surface area contributed by atoms with Crippen LogP contribution in [0.25, 0.3) is 0 Å².